The zero-order chi connectivity index (χ0) is 13.5. The molecule has 0 bridgehead atoms. The number of ether oxygens (including phenoxy) is 1. The zero-order valence-electron chi connectivity index (χ0n) is 10.8. The lowest BCUT2D eigenvalue weighted by Crippen LogP contribution is -2.04. The predicted octanol–water partition coefficient (Wildman–Crippen LogP) is 1.71. The summed E-state index contributed by atoms with van der Waals surface area (Å²) in [5, 5.41) is 17.9. The summed E-state index contributed by atoms with van der Waals surface area (Å²) in [5.74, 6) is 0.831. The van der Waals surface area contributed by atoms with E-state index in [2.05, 4.69) is 10.2 Å². The number of aliphatic hydroxyl groups excluding tert-OH is 1. The second-order valence-electron chi connectivity index (χ2n) is 4.06. The van der Waals surface area contributed by atoms with Crippen molar-refractivity contribution in [3.05, 3.63) is 41.7 Å². The van der Waals surface area contributed by atoms with E-state index in [0.717, 1.165) is 23.0 Å². The second kappa shape index (κ2) is 7.28. The van der Waals surface area contributed by atoms with Crippen molar-refractivity contribution in [1.82, 2.24) is 14.8 Å². The molecular weight excluding hydrogens is 262 g/mol. The molecule has 1 N–H and O–H groups in total. The van der Waals surface area contributed by atoms with E-state index in [1.807, 2.05) is 28.8 Å². The van der Waals surface area contributed by atoms with E-state index in [4.69, 9.17) is 9.84 Å². The van der Waals surface area contributed by atoms with Crippen LogP contribution in [0.1, 0.15) is 11.1 Å². The van der Waals surface area contributed by atoms with Crippen LogP contribution in [0.4, 0.5) is 0 Å². The molecule has 0 aliphatic carbocycles. The molecule has 2 rings (SSSR count). The Morgan fingerprint density at radius 3 is 2.68 bits per heavy atom. The topological polar surface area (TPSA) is 60.2 Å². The molecule has 1 aromatic carbocycles. The van der Waals surface area contributed by atoms with E-state index in [0.29, 0.717) is 6.61 Å². The SMILES string of the molecule is COCCn1cnnc1SCc1ccc(CO)cc1. The van der Waals surface area contributed by atoms with Crippen LogP contribution >= 0.6 is 11.8 Å². The molecule has 1 aromatic heterocycles. The van der Waals surface area contributed by atoms with Gasteiger partial charge in [0.05, 0.1) is 13.2 Å². The monoisotopic (exact) mass is 279 g/mol. The molecule has 0 fully saturated rings. The predicted molar refractivity (Wildman–Crippen MR) is 73.8 cm³/mol. The Hall–Kier alpha value is -1.37. The fourth-order valence-electron chi connectivity index (χ4n) is 1.59. The minimum atomic E-state index is 0.0821. The van der Waals surface area contributed by atoms with Crippen LogP contribution in [0.5, 0.6) is 0 Å². The number of hydrogen-bond acceptors (Lipinski definition) is 5. The summed E-state index contributed by atoms with van der Waals surface area (Å²) in [5.41, 5.74) is 2.13. The van der Waals surface area contributed by atoms with Gasteiger partial charge in [-0.2, -0.15) is 0 Å². The molecule has 0 atom stereocenters. The van der Waals surface area contributed by atoms with Gasteiger partial charge in [-0.3, -0.25) is 0 Å². The Labute approximate surface area is 116 Å². The largest absolute Gasteiger partial charge is 0.392 e. The molecule has 0 saturated heterocycles. The average Bonchev–Trinajstić information content (AvgIpc) is 2.91. The Balaban J connectivity index is 1.92. The molecule has 0 amide bonds. The highest BCUT2D eigenvalue weighted by atomic mass is 32.2. The van der Waals surface area contributed by atoms with Crippen LogP contribution in [0.25, 0.3) is 0 Å². The van der Waals surface area contributed by atoms with Gasteiger partial charge in [0.1, 0.15) is 6.33 Å². The number of aliphatic hydroxyl groups is 1. The minimum absolute atomic E-state index is 0.0821. The Morgan fingerprint density at radius 2 is 2.00 bits per heavy atom. The summed E-state index contributed by atoms with van der Waals surface area (Å²) in [7, 11) is 1.68. The van der Waals surface area contributed by atoms with Crippen molar-refractivity contribution in [1.29, 1.82) is 0 Å². The Kier molecular flexibility index (Phi) is 5.38. The highest BCUT2D eigenvalue weighted by Gasteiger charge is 2.05. The van der Waals surface area contributed by atoms with Gasteiger partial charge in [0.25, 0.3) is 0 Å². The number of methoxy groups -OCH3 is 1. The molecule has 0 aliphatic rings. The van der Waals surface area contributed by atoms with Crippen molar-refractivity contribution < 1.29 is 9.84 Å². The lowest BCUT2D eigenvalue weighted by atomic mass is 10.2. The van der Waals surface area contributed by atoms with Crippen LogP contribution in [-0.2, 0) is 23.6 Å². The molecule has 5 nitrogen and oxygen atoms in total. The van der Waals surface area contributed by atoms with Gasteiger partial charge in [0.2, 0.25) is 0 Å². The molecular formula is C13H17N3O2S. The third-order valence-corrected chi connectivity index (χ3v) is 3.74. The second-order valence-corrected chi connectivity index (χ2v) is 5.01. The van der Waals surface area contributed by atoms with Crippen LogP contribution in [0.15, 0.2) is 35.7 Å². The summed E-state index contributed by atoms with van der Waals surface area (Å²) >= 11 is 1.64. The van der Waals surface area contributed by atoms with E-state index in [1.165, 1.54) is 5.56 Å². The number of benzene rings is 1. The average molecular weight is 279 g/mol. The molecule has 0 radical (unpaired) electrons. The quantitative estimate of drug-likeness (QED) is 0.782. The summed E-state index contributed by atoms with van der Waals surface area (Å²) in [6.45, 7) is 1.49. The van der Waals surface area contributed by atoms with Crippen molar-refractivity contribution in [2.75, 3.05) is 13.7 Å². The molecule has 19 heavy (non-hydrogen) atoms. The van der Waals surface area contributed by atoms with E-state index in [-0.39, 0.29) is 6.61 Å². The molecule has 1 heterocycles. The Morgan fingerprint density at radius 1 is 1.26 bits per heavy atom. The van der Waals surface area contributed by atoms with E-state index in [1.54, 1.807) is 25.2 Å². The maximum absolute atomic E-state index is 8.99. The first-order chi connectivity index (χ1) is 9.33. The summed E-state index contributed by atoms with van der Waals surface area (Å²) < 4.78 is 7.03. The van der Waals surface area contributed by atoms with Gasteiger partial charge in [0, 0.05) is 19.4 Å². The third-order valence-electron chi connectivity index (χ3n) is 2.69. The maximum Gasteiger partial charge on any atom is 0.191 e. The fraction of sp³-hybridized carbons (Fsp3) is 0.385. The molecule has 2 aromatic rings. The van der Waals surface area contributed by atoms with Crippen molar-refractivity contribution in [3.63, 3.8) is 0 Å². The summed E-state index contributed by atoms with van der Waals surface area (Å²) in [6.07, 6.45) is 1.72. The van der Waals surface area contributed by atoms with Gasteiger partial charge in [-0.15, -0.1) is 10.2 Å². The van der Waals surface area contributed by atoms with Crippen LogP contribution in [-0.4, -0.2) is 33.6 Å². The van der Waals surface area contributed by atoms with Crippen LogP contribution in [0.2, 0.25) is 0 Å². The van der Waals surface area contributed by atoms with Gasteiger partial charge in [-0.25, -0.2) is 0 Å². The Bertz CT molecular complexity index is 499. The van der Waals surface area contributed by atoms with Crippen LogP contribution in [0.3, 0.4) is 0 Å². The summed E-state index contributed by atoms with van der Waals surface area (Å²) in [6, 6.07) is 7.92. The van der Waals surface area contributed by atoms with Crippen LogP contribution in [0, 0.1) is 0 Å². The fourth-order valence-corrected chi connectivity index (χ4v) is 2.49. The number of rotatable bonds is 7. The first-order valence-corrected chi connectivity index (χ1v) is 7.00. The number of hydrogen-bond donors (Lipinski definition) is 1. The zero-order valence-corrected chi connectivity index (χ0v) is 11.6. The van der Waals surface area contributed by atoms with Crippen LogP contribution < -0.4 is 0 Å². The molecule has 0 aliphatic heterocycles. The molecule has 0 saturated carbocycles. The van der Waals surface area contributed by atoms with Crippen molar-refractivity contribution in [2.45, 2.75) is 24.1 Å². The highest BCUT2D eigenvalue weighted by Crippen LogP contribution is 2.20. The van der Waals surface area contributed by atoms with Crippen molar-refractivity contribution in [3.8, 4) is 0 Å². The van der Waals surface area contributed by atoms with Gasteiger partial charge >= 0.3 is 0 Å². The number of aromatic nitrogens is 3. The highest BCUT2D eigenvalue weighted by molar-refractivity contribution is 7.98. The van der Waals surface area contributed by atoms with Crippen molar-refractivity contribution >= 4 is 11.8 Å². The van der Waals surface area contributed by atoms with E-state index < -0.39 is 0 Å². The summed E-state index contributed by atoms with van der Waals surface area (Å²) in [4.78, 5) is 0. The lowest BCUT2D eigenvalue weighted by Gasteiger charge is -2.05. The van der Waals surface area contributed by atoms with Crippen molar-refractivity contribution in [2.24, 2.45) is 0 Å². The number of thioether (sulfide) groups is 1. The van der Waals surface area contributed by atoms with E-state index >= 15 is 0 Å². The van der Waals surface area contributed by atoms with Gasteiger partial charge in [0.15, 0.2) is 5.16 Å². The van der Waals surface area contributed by atoms with Gasteiger partial charge < -0.3 is 14.4 Å². The normalized spacial score (nSPS) is 10.8. The lowest BCUT2D eigenvalue weighted by molar-refractivity contribution is 0.184. The molecule has 6 heteroatoms. The maximum atomic E-state index is 8.99. The molecule has 102 valence electrons. The molecule has 0 spiro atoms. The first-order valence-electron chi connectivity index (χ1n) is 6.01. The first kappa shape index (κ1) is 14.0. The standard InChI is InChI=1S/C13H17N3O2S/c1-18-7-6-16-10-14-15-13(16)19-9-12-4-2-11(8-17)3-5-12/h2-5,10,17H,6-9H2,1H3. The number of nitrogens with zero attached hydrogens (tertiary/aromatic N) is 3. The van der Waals surface area contributed by atoms with Gasteiger partial charge in [-0.1, -0.05) is 36.0 Å². The smallest absolute Gasteiger partial charge is 0.191 e. The molecule has 0 unspecified atom stereocenters. The van der Waals surface area contributed by atoms with E-state index in [9.17, 15) is 0 Å². The van der Waals surface area contributed by atoms with Gasteiger partial charge in [-0.05, 0) is 11.1 Å². The minimum Gasteiger partial charge on any atom is -0.392 e. The third kappa shape index (κ3) is 4.05.